The van der Waals surface area contributed by atoms with E-state index in [2.05, 4.69) is 10.2 Å². The van der Waals surface area contributed by atoms with Gasteiger partial charge >= 0.3 is 0 Å². The highest BCUT2D eigenvalue weighted by Gasteiger charge is 2.53. The molecular formula is C25H30F3N3O2. The van der Waals surface area contributed by atoms with Gasteiger partial charge in [-0.15, -0.1) is 0 Å². The first-order valence-corrected chi connectivity index (χ1v) is 11.4. The van der Waals surface area contributed by atoms with E-state index in [0.29, 0.717) is 38.0 Å². The summed E-state index contributed by atoms with van der Waals surface area (Å²) >= 11 is 0. The van der Waals surface area contributed by atoms with E-state index >= 15 is 0 Å². The molecule has 1 saturated carbocycles. The number of likely N-dealkylation sites (tertiary alicyclic amines) is 1. The molecule has 2 aromatic carbocycles. The van der Waals surface area contributed by atoms with Crippen LogP contribution in [-0.2, 0) is 16.9 Å². The molecule has 0 bridgehead atoms. The van der Waals surface area contributed by atoms with E-state index in [9.17, 15) is 23.1 Å². The lowest BCUT2D eigenvalue weighted by Gasteiger charge is -2.37. The topological polar surface area (TPSA) is 78.6 Å². The molecule has 8 heteroatoms. The molecule has 1 aliphatic carbocycles. The van der Waals surface area contributed by atoms with Crippen LogP contribution in [0.25, 0.3) is 0 Å². The van der Waals surface area contributed by atoms with E-state index in [1.165, 1.54) is 6.07 Å². The van der Waals surface area contributed by atoms with E-state index in [1.54, 1.807) is 42.5 Å². The Morgan fingerprint density at radius 1 is 1.15 bits per heavy atom. The number of anilines is 1. The number of nitrogens with zero attached hydrogens (tertiary/aromatic N) is 1. The van der Waals surface area contributed by atoms with E-state index in [4.69, 9.17) is 5.73 Å². The molecule has 1 heterocycles. The van der Waals surface area contributed by atoms with Crippen LogP contribution in [0, 0.1) is 11.7 Å². The number of carbonyl (C=O) groups excluding carboxylic acids is 1. The van der Waals surface area contributed by atoms with Gasteiger partial charge < -0.3 is 16.2 Å². The van der Waals surface area contributed by atoms with Crippen molar-refractivity contribution < 1.29 is 23.1 Å². The van der Waals surface area contributed by atoms with Crippen molar-refractivity contribution >= 4 is 11.6 Å². The lowest BCUT2D eigenvalue weighted by atomic mass is 9.79. The number of nitrogens with two attached hydrogens (primary N) is 1. The van der Waals surface area contributed by atoms with Crippen LogP contribution in [0.1, 0.15) is 43.2 Å². The van der Waals surface area contributed by atoms with Crippen LogP contribution in [0.3, 0.4) is 0 Å². The number of alkyl halides is 2. The summed E-state index contributed by atoms with van der Waals surface area (Å²) in [6, 6.07) is 13.0. The van der Waals surface area contributed by atoms with Gasteiger partial charge in [-0.3, -0.25) is 9.69 Å². The number of amides is 1. The molecule has 2 aromatic rings. The second-order valence-electron chi connectivity index (χ2n) is 9.31. The summed E-state index contributed by atoms with van der Waals surface area (Å²) in [6.45, 7) is 1.94. The molecule has 1 aliphatic heterocycles. The van der Waals surface area contributed by atoms with Gasteiger partial charge in [0.05, 0.1) is 5.69 Å². The number of benzene rings is 2. The Labute approximate surface area is 191 Å². The highest BCUT2D eigenvalue weighted by molar-refractivity contribution is 5.87. The maximum absolute atomic E-state index is 14.0. The van der Waals surface area contributed by atoms with Crippen molar-refractivity contribution in [1.29, 1.82) is 0 Å². The van der Waals surface area contributed by atoms with Crippen LogP contribution in [0.5, 0.6) is 0 Å². The number of aliphatic hydroxyl groups is 1. The largest absolute Gasteiger partial charge is 0.396 e. The average molecular weight is 462 g/mol. The highest BCUT2D eigenvalue weighted by Crippen LogP contribution is 2.47. The number of rotatable bonds is 6. The van der Waals surface area contributed by atoms with Crippen LogP contribution < -0.4 is 11.1 Å². The minimum Gasteiger partial charge on any atom is -0.396 e. The number of nitrogen functional groups attached to an aromatic ring is 1. The van der Waals surface area contributed by atoms with E-state index in [1.807, 2.05) is 0 Å². The molecule has 2 aliphatic rings. The van der Waals surface area contributed by atoms with Crippen LogP contribution in [0.15, 0.2) is 48.5 Å². The maximum atomic E-state index is 14.0. The van der Waals surface area contributed by atoms with Gasteiger partial charge in [0.1, 0.15) is 5.82 Å². The summed E-state index contributed by atoms with van der Waals surface area (Å²) in [5.74, 6) is -4.78. The second-order valence-corrected chi connectivity index (χ2v) is 9.31. The molecule has 1 unspecified atom stereocenters. The summed E-state index contributed by atoms with van der Waals surface area (Å²) < 4.78 is 41.6. The Morgan fingerprint density at radius 2 is 1.85 bits per heavy atom. The molecule has 0 radical (unpaired) electrons. The van der Waals surface area contributed by atoms with Crippen LogP contribution >= 0.6 is 0 Å². The third kappa shape index (κ3) is 5.17. The van der Waals surface area contributed by atoms with Crippen LogP contribution in [0.2, 0.25) is 0 Å². The summed E-state index contributed by atoms with van der Waals surface area (Å²) in [5, 5.41) is 14.4. The van der Waals surface area contributed by atoms with Crippen LogP contribution in [-0.4, -0.2) is 41.0 Å². The van der Waals surface area contributed by atoms with Gasteiger partial charge in [0, 0.05) is 44.4 Å². The van der Waals surface area contributed by atoms with Crippen molar-refractivity contribution in [2.75, 3.05) is 18.8 Å². The smallest absolute Gasteiger partial charge is 0.257 e. The predicted molar refractivity (Wildman–Crippen MR) is 120 cm³/mol. The van der Waals surface area contributed by atoms with E-state index < -0.39 is 35.6 Å². The molecule has 2 fully saturated rings. The summed E-state index contributed by atoms with van der Waals surface area (Å²) in [4.78, 5) is 15.5. The van der Waals surface area contributed by atoms with Crippen molar-refractivity contribution in [3.05, 3.63) is 65.5 Å². The number of piperidine rings is 1. The molecule has 0 aromatic heterocycles. The summed E-state index contributed by atoms with van der Waals surface area (Å²) in [5.41, 5.74) is 4.81. The van der Waals surface area contributed by atoms with Crippen molar-refractivity contribution in [1.82, 2.24) is 10.2 Å². The van der Waals surface area contributed by atoms with Crippen molar-refractivity contribution in [2.24, 2.45) is 5.92 Å². The van der Waals surface area contributed by atoms with E-state index in [-0.39, 0.29) is 24.6 Å². The number of halogens is 3. The van der Waals surface area contributed by atoms with Crippen molar-refractivity contribution in [3.8, 4) is 0 Å². The molecule has 33 heavy (non-hydrogen) atoms. The minimum absolute atomic E-state index is 0.0857. The maximum Gasteiger partial charge on any atom is 0.257 e. The molecule has 4 N–H and O–H groups in total. The molecule has 1 saturated heterocycles. The summed E-state index contributed by atoms with van der Waals surface area (Å²) in [7, 11) is 0. The number of carbonyl (C=O) groups is 1. The SMILES string of the molecule is Nc1ccc(CN2CCC(NC(=O)C(O)(c3ccccc3)[C@@H]3CCC(F)(F)C3)CC2)cc1F. The number of hydrogen-bond donors (Lipinski definition) is 3. The molecule has 1 amide bonds. The van der Waals surface area contributed by atoms with E-state index in [0.717, 1.165) is 5.56 Å². The Kier molecular flexibility index (Phi) is 6.68. The van der Waals surface area contributed by atoms with Gasteiger partial charge in [-0.05, 0) is 42.5 Å². The molecule has 0 spiro atoms. The molecule has 178 valence electrons. The standard InChI is InChI=1S/C25H30F3N3O2/c26-21-14-17(6-7-22(21)29)16-31-12-9-20(10-13-31)30-23(32)25(33,18-4-2-1-3-5-18)19-8-11-24(27,28)15-19/h1-7,14,19-20,33H,8-13,15-16,29H2,(H,30,32)/t19-,25?/m1/s1. The first kappa shape index (κ1) is 23.6. The molecule has 5 nitrogen and oxygen atoms in total. The van der Waals surface area contributed by atoms with Crippen molar-refractivity contribution in [3.63, 3.8) is 0 Å². The van der Waals surface area contributed by atoms with Gasteiger partial charge in [0.15, 0.2) is 5.60 Å². The third-order valence-corrected chi connectivity index (χ3v) is 6.95. The third-order valence-electron chi connectivity index (χ3n) is 6.95. The zero-order chi connectivity index (χ0) is 23.6. The first-order valence-electron chi connectivity index (χ1n) is 11.4. The zero-order valence-corrected chi connectivity index (χ0v) is 18.4. The molecular weight excluding hydrogens is 431 g/mol. The van der Waals surface area contributed by atoms with Gasteiger partial charge in [-0.25, -0.2) is 13.2 Å². The zero-order valence-electron chi connectivity index (χ0n) is 18.4. The van der Waals surface area contributed by atoms with Gasteiger partial charge in [-0.1, -0.05) is 36.4 Å². The van der Waals surface area contributed by atoms with Crippen LogP contribution in [0.4, 0.5) is 18.9 Å². The van der Waals surface area contributed by atoms with Crippen molar-refractivity contribution in [2.45, 2.75) is 56.2 Å². The fourth-order valence-electron chi connectivity index (χ4n) is 5.01. The summed E-state index contributed by atoms with van der Waals surface area (Å²) in [6.07, 6.45) is 0.540. The Bertz CT molecular complexity index is 980. The van der Waals surface area contributed by atoms with Gasteiger partial charge in [0.25, 0.3) is 5.91 Å². The molecule has 4 rings (SSSR count). The Morgan fingerprint density at radius 3 is 2.45 bits per heavy atom. The predicted octanol–water partition coefficient (Wildman–Crippen LogP) is 3.81. The highest BCUT2D eigenvalue weighted by atomic mass is 19.3. The van der Waals surface area contributed by atoms with Gasteiger partial charge in [-0.2, -0.15) is 0 Å². The fourth-order valence-corrected chi connectivity index (χ4v) is 5.01. The quantitative estimate of drug-likeness (QED) is 0.572. The average Bonchev–Trinajstić information content (AvgIpc) is 3.17. The second kappa shape index (κ2) is 9.35. The number of nitrogens with one attached hydrogen (secondary N) is 1. The Hall–Kier alpha value is -2.58. The first-order chi connectivity index (χ1) is 15.7. The van der Waals surface area contributed by atoms with Gasteiger partial charge in [0.2, 0.25) is 5.92 Å². The fraction of sp³-hybridized carbons (Fsp3) is 0.480. The monoisotopic (exact) mass is 461 g/mol. The molecule has 2 atom stereocenters. The lowest BCUT2D eigenvalue weighted by molar-refractivity contribution is -0.149. The minimum atomic E-state index is -2.87. The normalized spacial score (nSPS) is 23.2. The number of hydrogen-bond acceptors (Lipinski definition) is 4. The Balaban J connectivity index is 1.40. The lowest BCUT2D eigenvalue weighted by Crippen LogP contribution is -2.54.